The zero-order chi connectivity index (χ0) is 15.7. The third-order valence-corrected chi connectivity index (χ3v) is 5.50. The van der Waals surface area contributed by atoms with E-state index in [9.17, 15) is 13.2 Å². The Balaban J connectivity index is 1.66. The van der Waals surface area contributed by atoms with Gasteiger partial charge in [0, 0.05) is 10.4 Å². The number of rotatable bonds is 4. The van der Waals surface area contributed by atoms with Gasteiger partial charge in [0.1, 0.15) is 4.21 Å². The summed E-state index contributed by atoms with van der Waals surface area (Å²) >= 11 is 1.02. The summed E-state index contributed by atoms with van der Waals surface area (Å²) in [6.07, 6.45) is 0. The molecule has 2 heterocycles. The Morgan fingerprint density at radius 2 is 2.00 bits per heavy atom. The summed E-state index contributed by atoms with van der Waals surface area (Å²) in [6.45, 7) is 0.361. The van der Waals surface area contributed by atoms with Gasteiger partial charge in [0.15, 0.2) is 11.5 Å². The zero-order valence-corrected chi connectivity index (χ0v) is 12.9. The number of carbonyl (C=O) groups excluding carboxylic acids is 1. The molecule has 7 nitrogen and oxygen atoms in total. The SMILES string of the molecule is NS(=O)(=O)c1ccc(CNC(=O)c2ccc3c(c2)OCO3)s1. The van der Waals surface area contributed by atoms with Crippen LogP contribution in [-0.4, -0.2) is 21.1 Å². The molecule has 1 amide bonds. The quantitative estimate of drug-likeness (QED) is 0.865. The number of thiophene rings is 1. The van der Waals surface area contributed by atoms with Gasteiger partial charge in [-0.1, -0.05) is 0 Å². The topological polar surface area (TPSA) is 108 Å². The van der Waals surface area contributed by atoms with Gasteiger partial charge < -0.3 is 14.8 Å². The van der Waals surface area contributed by atoms with Crippen LogP contribution in [0.25, 0.3) is 0 Å². The Morgan fingerprint density at radius 3 is 2.73 bits per heavy atom. The van der Waals surface area contributed by atoms with E-state index in [0.29, 0.717) is 21.9 Å². The number of carbonyl (C=O) groups is 1. The second-order valence-electron chi connectivity index (χ2n) is 4.52. The van der Waals surface area contributed by atoms with Crippen molar-refractivity contribution >= 4 is 27.3 Å². The summed E-state index contributed by atoms with van der Waals surface area (Å²) < 4.78 is 32.8. The fourth-order valence-corrected chi connectivity index (χ4v) is 3.63. The fraction of sp³-hybridized carbons (Fsp3) is 0.154. The Kier molecular flexibility index (Phi) is 3.77. The van der Waals surface area contributed by atoms with Crippen molar-refractivity contribution in [2.24, 2.45) is 5.14 Å². The normalized spacial score (nSPS) is 13.1. The number of amides is 1. The molecule has 0 bridgehead atoms. The third kappa shape index (κ3) is 3.06. The van der Waals surface area contributed by atoms with Crippen molar-refractivity contribution in [3.05, 3.63) is 40.8 Å². The molecule has 0 radical (unpaired) electrons. The number of ether oxygens (including phenoxy) is 2. The Hall–Kier alpha value is -2.10. The minimum absolute atomic E-state index is 0.0693. The van der Waals surface area contributed by atoms with Gasteiger partial charge in [0.05, 0.1) is 6.54 Å². The molecule has 9 heteroatoms. The van der Waals surface area contributed by atoms with Gasteiger partial charge in [-0.15, -0.1) is 11.3 Å². The molecule has 1 aliphatic rings. The predicted octanol–water partition coefficient (Wildman–Crippen LogP) is 1.05. The minimum Gasteiger partial charge on any atom is -0.454 e. The molecule has 3 N–H and O–H groups in total. The number of nitrogens with two attached hydrogens (primary N) is 1. The number of nitrogens with one attached hydrogen (secondary N) is 1. The number of fused-ring (bicyclic) bond motifs is 1. The highest BCUT2D eigenvalue weighted by Crippen LogP contribution is 2.32. The molecule has 0 fully saturated rings. The van der Waals surface area contributed by atoms with E-state index in [1.165, 1.54) is 6.07 Å². The van der Waals surface area contributed by atoms with Crippen LogP contribution in [0.1, 0.15) is 15.2 Å². The first kappa shape index (κ1) is 14.8. The maximum absolute atomic E-state index is 12.1. The Bertz CT molecular complexity index is 829. The summed E-state index contributed by atoms with van der Waals surface area (Å²) in [4.78, 5) is 12.8. The molecule has 0 unspecified atom stereocenters. The standard InChI is InChI=1S/C13H12N2O5S2/c14-22(17,18)12-4-2-9(21-12)6-15-13(16)8-1-3-10-11(5-8)20-7-19-10/h1-5H,6-7H2,(H,15,16)(H2,14,17,18). The van der Waals surface area contributed by atoms with Gasteiger partial charge in [-0.05, 0) is 30.3 Å². The van der Waals surface area contributed by atoms with Crippen LogP contribution < -0.4 is 19.9 Å². The zero-order valence-electron chi connectivity index (χ0n) is 11.2. The van der Waals surface area contributed by atoms with E-state index >= 15 is 0 Å². The van der Waals surface area contributed by atoms with E-state index in [1.54, 1.807) is 24.3 Å². The number of primary sulfonamides is 1. The lowest BCUT2D eigenvalue weighted by Crippen LogP contribution is -2.22. The molecule has 116 valence electrons. The molecule has 0 aliphatic carbocycles. The number of hydrogen-bond acceptors (Lipinski definition) is 6. The van der Waals surface area contributed by atoms with Crippen LogP contribution in [0, 0.1) is 0 Å². The first-order valence-electron chi connectivity index (χ1n) is 6.23. The van der Waals surface area contributed by atoms with Crippen LogP contribution in [0.15, 0.2) is 34.5 Å². The highest BCUT2D eigenvalue weighted by molar-refractivity contribution is 7.91. The van der Waals surface area contributed by atoms with Crippen LogP contribution in [0.4, 0.5) is 0 Å². The molecule has 1 aromatic heterocycles. The molecule has 22 heavy (non-hydrogen) atoms. The van der Waals surface area contributed by atoms with E-state index < -0.39 is 10.0 Å². The Labute approximate surface area is 130 Å². The van der Waals surface area contributed by atoms with Crippen LogP contribution in [-0.2, 0) is 16.6 Å². The lowest BCUT2D eigenvalue weighted by molar-refractivity contribution is 0.0951. The van der Waals surface area contributed by atoms with E-state index in [1.807, 2.05) is 0 Å². The van der Waals surface area contributed by atoms with Crippen molar-refractivity contribution in [1.82, 2.24) is 5.32 Å². The summed E-state index contributed by atoms with van der Waals surface area (Å²) in [5.41, 5.74) is 0.437. The second kappa shape index (κ2) is 5.59. The average molecular weight is 340 g/mol. The summed E-state index contributed by atoms with van der Waals surface area (Å²) in [5, 5.41) is 7.75. The molecular formula is C13H12N2O5S2. The van der Waals surface area contributed by atoms with Crippen LogP contribution in [0.2, 0.25) is 0 Å². The van der Waals surface area contributed by atoms with Crippen LogP contribution in [0.3, 0.4) is 0 Å². The van der Waals surface area contributed by atoms with Gasteiger partial charge in [-0.2, -0.15) is 0 Å². The van der Waals surface area contributed by atoms with E-state index in [2.05, 4.69) is 5.32 Å². The van der Waals surface area contributed by atoms with E-state index in [0.717, 1.165) is 11.3 Å². The summed E-state index contributed by atoms with van der Waals surface area (Å²) in [6, 6.07) is 7.93. The average Bonchev–Trinajstić information content (AvgIpc) is 3.12. The molecular weight excluding hydrogens is 328 g/mol. The van der Waals surface area contributed by atoms with Crippen molar-refractivity contribution in [2.45, 2.75) is 10.8 Å². The maximum Gasteiger partial charge on any atom is 0.251 e. The highest BCUT2D eigenvalue weighted by Gasteiger charge is 2.16. The van der Waals surface area contributed by atoms with Crippen molar-refractivity contribution < 1.29 is 22.7 Å². The number of benzene rings is 1. The Morgan fingerprint density at radius 1 is 1.23 bits per heavy atom. The lowest BCUT2D eigenvalue weighted by Gasteiger charge is -2.04. The van der Waals surface area contributed by atoms with Crippen molar-refractivity contribution in [3.8, 4) is 11.5 Å². The van der Waals surface area contributed by atoms with Crippen molar-refractivity contribution in [2.75, 3.05) is 6.79 Å². The fourth-order valence-electron chi connectivity index (χ4n) is 1.91. The first-order valence-corrected chi connectivity index (χ1v) is 8.59. The molecule has 3 rings (SSSR count). The van der Waals surface area contributed by atoms with E-state index in [-0.39, 0.29) is 23.5 Å². The monoisotopic (exact) mass is 340 g/mol. The molecule has 0 saturated carbocycles. The van der Waals surface area contributed by atoms with Gasteiger partial charge in [-0.25, -0.2) is 13.6 Å². The maximum atomic E-state index is 12.1. The molecule has 1 aliphatic heterocycles. The van der Waals surface area contributed by atoms with Crippen LogP contribution >= 0.6 is 11.3 Å². The largest absolute Gasteiger partial charge is 0.454 e. The van der Waals surface area contributed by atoms with Crippen molar-refractivity contribution in [3.63, 3.8) is 0 Å². The number of hydrogen-bond donors (Lipinski definition) is 2. The molecule has 0 saturated heterocycles. The molecule has 2 aromatic rings. The van der Waals surface area contributed by atoms with Gasteiger partial charge in [-0.3, -0.25) is 4.79 Å². The smallest absolute Gasteiger partial charge is 0.251 e. The predicted molar refractivity (Wildman–Crippen MR) is 79.4 cm³/mol. The molecule has 0 atom stereocenters. The molecule has 1 aromatic carbocycles. The summed E-state index contributed by atoms with van der Waals surface area (Å²) in [5.74, 6) is 0.844. The van der Waals surface area contributed by atoms with Gasteiger partial charge in [0.25, 0.3) is 5.91 Å². The molecule has 0 spiro atoms. The van der Waals surface area contributed by atoms with Crippen molar-refractivity contribution in [1.29, 1.82) is 0 Å². The number of sulfonamides is 1. The highest BCUT2D eigenvalue weighted by atomic mass is 32.2. The van der Waals surface area contributed by atoms with Gasteiger partial charge in [0.2, 0.25) is 16.8 Å². The van der Waals surface area contributed by atoms with Gasteiger partial charge >= 0.3 is 0 Å². The minimum atomic E-state index is -3.70. The summed E-state index contributed by atoms with van der Waals surface area (Å²) in [7, 11) is -3.70. The van der Waals surface area contributed by atoms with Crippen LogP contribution in [0.5, 0.6) is 11.5 Å². The van der Waals surface area contributed by atoms with E-state index in [4.69, 9.17) is 14.6 Å². The first-order chi connectivity index (χ1) is 10.4. The second-order valence-corrected chi connectivity index (χ2v) is 7.47. The lowest BCUT2D eigenvalue weighted by atomic mass is 10.2. The third-order valence-electron chi connectivity index (χ3n) is 2.98.